The maximum atomic E-state index is 11.8. The molecule has 8 nitrogen and oxygen atoms in total. The SMILES string of the molecule is COc1ccc(C=NNC(=O)Cc2ccc([N+](=O)[O-])cc2)cc1O. The van der Waals surface area contributed by atoms with Gasteiger partial charge >= 0.3 is 0 Å². The fourth-order valence-electron chi connectivity index (χ4n) is 1.93. The first kappa shape index (κ1) is 16.9. The summed E-state index contributed by atoms with van der Waals surface area (Å²) in [7, 11) is 1.45. The molecule has 2 aromatic carbocycles. The van der Waals surface area contributed by atoms with Crippen molar-refractivity contribution < 1.29 is 19.6 Å². The van der Waals surface area contributed by atoms with Crippen molar-refractivity contribution in [2.45, 2.75) is 6.42 Å². The summed E-state index contributed by atoms with van der Waals surface area (Å²) in [6.45, 7) is 0. The van der Waals surface area contributed by atoms with Crippen LogP contribution in [0.4, 0.5) is 5.69 Å². The molecule has 0 aromatic heterocycles. The average Bonchev–Trinajstić information content (AvgIpc) is 2.55. The van der Waals surface area contributed by atoms with Crippen molar-refractivity contribution in [3.63, 3.8) is 0 Å². The van der Waals surface area contributed by atoms with E-state index in [9.17, 15) is 20.0 Å². The summed E-state index contributed by atoms with van der Waals surface area (Å²) in [5, 5.41) is 24.0. The van der Waals surface area contributed by atoms with E-state index in [0.717, 1.165) is 0 Å². The van der Waals surface area contributed by atoms with Crippen LogP contribution in [0, 0.1) is 10.1 Å². The topological polar surface area (TPSA) is 114 Å². The zero-order valence-electron chi connectivity index (χ0n) is 12.8. The number of hydrogen-bond donors (Lipinski definition) is 2. The monoisotopic (exact) mass is 329 g/mol. The van der Waals surface area contributed by atoms with Crippen LogP contribution >= 0.6 is 0 Å². The van der Waals surface area contributed by atoms with Crippen molar-refractivity contribution >= 4 is 17.8 Å². The molecule has 24 heavy (non-hydrogen) atoms. The minimum atomic E-state index is -0.502. The summed E-state index contributed by atoms with van der Waals surface area (Å²) in [6.07, 6.45) is 1.43. The molecule has 2 rings (SSSR count). The van der Waals surface area contributed by atoms with Crippen LogP contribution in [-0.4, -0.2) is 29.3 Å². The lowest BCUT2D eigenvalue weighted by Gasteiger charge is -2.03. The van der Waals surface area contributed by atoms with Gasteiger partial charge in [-0.15, -0.1) is 0 Å². The summed E-state index contributed by atoms with van der Waals surface area (Å²) in [5.74, 6) is -0.0501. The molecule has 0 radical (unpaired) electrons. The fraction of sp³-hybridized carbons (Fsp3) is 0.125. The highest BCUT2D eigenvalue weighted by molar-refractivity contribution is 5.84. The van der Waals surface area contributed by atoms with Gasteiger partial charge in [-0.2, -0.15) is 5.10 Å². The van der Waals surface area contributed by atoms with Crippen LogP contribution in [-0.2, 0) is 11.2 Å². The zero-order chi connectivity index (χ0) is 17.5. The molecule has 2 aromatic rings. The second-order valence-corrected chi connectivity index (χ2v) is 4.82. The van der Waals surface area contributed by atoms with Gasteiger partial charge in [-0.3, -0.25) is 14.9 Å². The maximum Gasteiger partial charge on any atom is 0.269 e. The number of nitro benzene ring substituents is 1. The highest BCUT2D eigenvalue weighted by Crippen LogP contribution is 2.25. The first-order valence-corrected chi connectivity index (χ1v) is 6.92. The van der Waals surface area contributed by atoms with Crippen LogP contribution in [0.15, 0.2) is 47.6 Å². The third kappa shape index (κ3) is 4.54. The molecular weight excluding hydrogens is 314 g/mol. The lowest BCUT2D eigenvalue weighted by molar-refractivity contribution is -0.384. The van der Waals surface area contributed by atoms with Crippen molar-refractivity contribution in [1.29, 1.82) is 0 Å². The van der Waals surface area contributed by atoms with E-state index in [1.165, 1.54) is 43.7 Å². The number of nitrogens with one attached hydrogen (secondary N) is 1. The van der Waals surface area contributed by atoms with Gasteiger partial charge in [0.2, 0.25) is 5.91 Å². The van der Waals surface area contributed by atoms with Gasteiger partial charge in [0.1, 0.15) is 0 Å². The molecule has 0 bridgehead atoms. The number of nitro groups is 1. The van der Waals surface area contributed by atoms with Crippen molar-refractivity contribution in [3.8, 4) is 11.5 Å². The summed E-state index contributed by atoms with van der Waals surface area (Å²) in [6, 6.07) is 10.4. The number of rotatable bonds is 6. The molecule has 8 heteroatoms. The average molecular weight is 329 g/mol. The molecule has 0 heterocycles. The molecule has 0 aliphatic rings. The number of carbonyl (C=O) groups excluding carboxylic acids is 1. The molecule has 0 fully saturated rings. The third-order valence-electron chi connectivity index (χ3n) is 3.12. The van der Waals surface area contributed by atoms with Gasteiger partial charge in [-0.05, 0) is 29.3 Å². The summed E-state index contributed by atoms with van der Waals surface area (Å²) in [4.78, 5) is 21.8. The van der Waals surface area contributed by atoms with Gasteiger partial charge in [0.05, 0.1) is 24.7 Å². The second kappa shape index (κ2) is 7.73. The molecule has 1 amide bonds. The number of hydrogen-bond acceptors (Lipinski definition) is 6. The van der Waals surface area contributed by atoms with Crippen LogP contribution in [0.3, 0.4) is 0 Å². The largest absolute Gasteiger partial charge is 0.504 e. The minimum absolute atomic E-state index is 0.0290. The number of non-ortho nitro benzene ring substituents is 1. The molecular formula is C16H15N3O5. The molecule has 0 saturated heterocycles. The summed E-state index contributed by atoms with van der Waals surface area (Å²) in [5.41, 5.74) is 3.54. The Hall–Kier alpha value is -3.42. The Morgan fingerprint density at radius 1 is 1.33 bits per heavy atom. The van der Waals surface area contributed by atoms with Crippen molar-refractivity contribution in [3.05, 3.63) is 63.7 Å². The zero-order valence-corrected chi connectivity index (χ0v) is 12.8. The second-order valence-electron chi connectivity index (χ2n) is 4.82. The molecule has 0 aliphatic heterocycles. The molecule has 0 unspecified atom stereocenters. The van der Waals surface area contributed by atoms with Gasteiger partial charge in [0.25, 0.3) is 5.69 Å². The van der Waals surface area contributed by atoms with E-state index in [-0.39, 0.29) is 23.8 Å². The quantitative estimate of drug-likeness (QED) is 0.478. The van der Waals surface area contributed by atoms with Crippen LogP contribution in [0.1, 0.15) is 11.1 Å². The molecule has 0 atom stereocenters. The number of aromatic hydroxyl groups is 1. The Morgan fingerprint density at radius 2 is 2.04 bits per heavy atom. The Balaban J connectivity index is 1.90. The highest BCUT2D eigenvalue weighted by Gasteiger charge is 2.07. The molecule has 124 valence electrons. The molecule has 2 N–H and O–H groups in total. The summed E-state index contributed by atoms with van der Waals surface area (Å²) < 4.78 is 4.93. The van der Waals surface area contributed by atoms with E-state index in [1.807, 2.05) is 0 Å². The normalized spacial score (nSPS) is 10.5. The summed E-state index contributed by atoms with van der Waals surface area (Å²) >= 11 is 0. The number of phenols is 1. The van der Waals surface area contributed by atoms with Gasteiger partial charge in [0, 0.05) is 12.1 Å². The van der Waals surface area contributed by atoms with Crippen LogP contribution < -0.4 is 10.2 Å². The number of nitrogens with zero attached hydrogens (tertiary/aromatic N) is 2. The Bertz CT molecular complexity index is 772. The van der Waals surface area contributed by atoms with Crippen LogP contribution in [0.2, 0.25) is 0 Å². The predicted molar refractivity (Wildman–Crippen MR) is 87.2 cm³/mol. The van der Waals surface area contributed by atoms with Gasteiger partial charge in [0.15, 0.2) is 11.5 Å². The van der Waals surface area contributed by atoms with E-state index in [4.69, 9.17) is 4.74 Å². The number of amides is 1. The number of benzene rings is 2. The lowest BCUT2D eigenvalue weighted by atomic mass is 10.1. The predicted octanol–water partition coefficient (Wildman–Crippen LogP) is 2.00. The smallest absolute Gasteiger partial charge is 0.269 e. The van der Waals surface area contributed by atoms with Crippen molar-refractivity contribution in [1.82, 2.24) is 5.43 Å². The number of methoxy groups -OCH3 is 1. The number of hydrazone groups is 1. The standard InChI is InChI=1S/C16H15N3O5/c1-24-15-7-4-12(8-14(15)20)10-17-18-16(21)9-11-2-5-13(6-3-11)19(22)23/h2-8,10,20H,9H2,1H3,(H,18,21). The molecule has 0 spiro atoms. The fourth-order valence-corrected chi connectivity index (χ4v) is 1.93. The first-order chi connectivity index (χ1) is 11.5. The number of ether oxygens (including phenoxy) is 1. The maximum absolute atomic E-state index is 11.8. The van der Waals surface area contributed by atoms with E-state index in [2.05, 4.69) is 10.5 Å². The molecule has 0 aliphatic carbocycles. The van der Waals surface area contributed by atoms with E-state index >= 15 is 0 Å². The van der Waals surface area contributed by atoms with Crippen LogP contribution in [0.5, 0.6) is 11.5 Å². The highest BCUT2D eigenvalue weighted by atomic mass is 16.6. The van der Waals surface area contributed by atoms with Gasteiger partial charge in [-0.25, -0.2) is 5.43 Å². The first-order valence-electron chi connectivity index (χ1n) is 6.92. The van der Waals surface area contributed by atoms with E-state index in [0.29, 0.717) is 16.9 Å². The lowest BCUT2D eigenvalue weighted by Crippen LogP contribution is -2.19. The Kier molecular flexibility index (Phi) is 5.45. The minimum Gasteiger partial charge on any atom is -0.504 e. The van der Waals surface area contributed by atoms with Gasteiger partial charge in [-0.1, -0.05) is 12.1 Å². The number of carbonyl (C=O) groups is 1. The third-order valence-corrected chi connectivity index (χ3v) is 3.12. The van der Waals surface area contributed by atoms with Gasteiger partial charge < -0.3 is 9.84 Å². The molecule has 0 saturated carbocycles. The van der Waals surface area contributed by atoms with E-state index < -0.39 is 4.92 Å². The van der Waals surface area contributed by atoms with E-state index in [1.54, 1.807) is 12.1 Å². The number of phenolic OH excluding ortho intramolecular Hbond substituents is 1. The van der Waals surface area contributed by atoms with Crippen molar-refractivity contribution in [2.24, 2.45) is 5.10 Å². The Morgan fingerprint density at radius 3 is 2.62 bits per heavy atom. The van der Waals surface area contributed by atoms with Crippen LogP contribution in [0.25, 0.3) is 0 Å². The Labute approximate surface area is 137 Å². The van der Waals surface area contributed by atoms with Crippen molar-refractivity contribution in [2.75, 3.05) is 7.11 Å².